The monoisotopic (exact) mass is 758 g/mol. The van der Waals surface area contributed by atoms with Crippen LogP contribution in [0.15, 0.2) is 85.1 Å². The highest BCUT2D eigenvalue weighted by Crippen LogP contribution is 2.48. The Labute approximate surface area is 315 Å². The molecule has 14 heteroatoms. The van der Waals surface area contributed by atoms with E-state index in [4.69, 9.17) is 18.9 Å². The van der Waals surface area contributed by atoms with Crippen LogP contribution in [-0.2, 0) is 35.1 Å². The first kappa shape index (κ1) is 38.4. The highest BCUT2D eigenvalue weighted by Gasteiger charge is 2.56. The van der Waals surface area contributed by atoms with E-state index in [2.05, 4.69) is 15.6 Å². The molecular weight excluding hydrogens is 719 g/mol. The smallest absolute Gasteiger partial charge is 0.240 e. The van der Waals surface area contributed by atoms with E-state index in [1.54, 1.807) is 24.3 Å². The molecule has 1 aliphatic rings. The second-order valence-electron chi connectivity index (χ2n) is 12.7. The fraction of sp³-hybridized carbons (Fsp3) is 0.300. The summed E-state index contributed by atoms with van der Waals surface area (Å²) in [5.41, 5.74) is 1.86. The Bertz CT molecular complexity index is 2090. The van der Waals surface area contributed by atoms with E-state index in [9.17, 15) is 18.8 Å². The standard InChI is InChI=1S/C40H40F2N4O7S/c1-26(47)46(17-18-51-21-22-52-20-19-50-2)25-27-3-5-28(6-4-27)36-24-33-37(54-36)35(13-16-43-33)53-34-12-11-31(23-32(34)42)45-39(49)40(14-15-40)38(48)44-30-9-7-29(41)8-10-30/h3-13,16,23-24H,14-15,17-22,25H2,1-2H3,(H,44,48)(H,45,49). The zero-order valence-corrected chi connectivity index (χ0v) is 30.7. The van der Waals surface area contributed by atoms with Crippen molar-refractivity contribution < 1.29 is 42.1 Å². The number of hydrogen-bond donors (Lipinski definition) is 2. The minimum absolute atomic E-state index is 0.0476. The number of thiophene rings is 1. The number of nitrogens with one attached hydrogen (secondary N) is 2. The largest absolute Gasteiger partial charge is 0.453 e. The molecule has 0 atom stereocenters. The topological polar surface area (TPSA) is 128 Å². The lowest BCUT2D eigenvalue weighted by atomic mass is 10.0. The maximum absolute atomic E-state index is 15.3. The van der Waals surface area contributed by atoms with E-state index in [-0.39, 0.29) is 17.3 Å². The van der Waals surface area contributed by atoms with Crippen LogP contribution in [-0.4, -0.2) is 74.3 Å². The minimum atomic E-state index is -1.29. The second kappa shape index (κ2) is 17.7. The van der Waals surface area contributed by atoms with Crippen molar-refractivity contribution in [3.05, 3.63) is 102 Å². The number of halogens is 2. The van der Waals surface area contributed by atoms with E-state index in [0.717, 1.165) is 26.8 Å². The quantitative estimate of drug-likeness (QED) is 0.0699. The van der Waals surface area contributed by atoms with Gasteiger partial charge >= 0.3 is 0 Å². The van der Waals surface area contributed by atoms with Gasteiger partial charge in [-0.2, -0.15) is 0 Å². The van der Waals surface area contributed by atoms with Crippen molar-refractivity contribution in [3.63, 3.8) is 0 Å². The number of methoxy groups -OCH3 is 1. The predicted octanol–water partition coefficient (Wildman–Crippen LogP) is 7.42. The average Bonchev–Trinajstić information content (AvgIpc) is 3.87. The Hall–Kier alpha value is -5.28. The number of aromatic nitrogens is 1. The third-order valence-electron chi connectivity index (χ3n) is 8.87. The summed E-state index contributed by atoms with van der Waals surface area (Å²) in [5, 5.41) is 5.30. The number of carbonyl (C=O) groups is 3. The van der Waals surface area contributed by atoms with Crippen LogP contribution in [0.4, 0.5) is 20.2 Å². The maximum Gasteiger partial charge on any atom is 0.240 e. The molecule has 0 saturated heterocycles. The molecule has 1 fully saturated rings. The Morgan fingerprint density at radius 1 is 0.815 bits per heavy atom. The zero-order valence-electron chi connectivity index (χ0n) is 29.9. The number of amides is 3. The van der Waals surface area contributed by atoms with Crippen LogP contribution in [0.2, 0.25) is 0 Å². The molecule has 2 N–H and O–H groups in total. The molecule has 0 unspecified atom stereocenters. The van der Waals surface area contributed by atoms with E-state index in [1.807, 2.05) is 30.3 Å². The molecule has 1 aliphatic carbocycles. The summed E-state index contributed by atoms with van der Waals surface area (Å²) in [6.45, 7) is 4.78. The Kier molecular flexibility index (Phi) is 12.6. The molecule has 11 nitrogen and oxygen atoms in total. The number of nitrogens with zero attached hydrogens (tertiary/aromatic N) is 2. The first-order valence-corrected chi connectivity index (χ1v) is 18.2. The Balaban J connectivity index is 1.05. The number of ether oxygens (including phenoxy) is 4. The minimum Gasteiger partial charge on any atom is -0.453 e. The van der Waals surface area contributed by atoms with Crippen LogP contribution >= 0.6 is 11.3 Å². The highest BCUT2D eigenvalue weighted by molar-refractivity contribution is 7.22. The predicted molar refractivity (Wildman–Crippen MR) is 201 cm³/mol. The van der Waals surface area contributed by atoms with Crippen LogP contribution in [0, 0.1) is 17.0 Å². The van der Waals surface area contributed by atoms with Gasteiger partial charge in [0.25, 0.3) is 0 Å². The maximum atomic E-state index is 15.3. The van der Waals surface area contributed by atoms with Crippen LogP contribution in [0.5, 0.6) is 11.5 Å². The SMILES string of the molecule is COCCOCCOCCN(Cc1ccc(-c2cc3nccc(Oc4ccc(NC(=O)C5(C(=O)Nc6ccc(F)cc6)CC5)cc4F)c3s2)cc1)C(C)=O. The lowest BCUT2D eigenvalue weighted by molar-refractivity contribution is -0.131. The Morgan fingerprint density at radius 3 is 2.15 bits per heavy atom. The van der Waals surface area contributed by atoms with Crippen LogP contribution in [0.1, 0.15) is 25.3 Å². The van der Waals surface area contributed by atoms with Gasteiger partial charge in [-0.1, -0.05) is 24.3 Å². The third kappa shape index (κ3) is 9.63. The van der Waals surface area contributed by atoms with Gasteiger partial charge in [-0.3, -0.25) is 19.4 Å². The first-order chi connectivity index (χ1) is 26.1. The summed E-state index contributed by atoms with van der Waals surface area (Å²) >= 11 is 1.45. The molecule has 3 aromatic carbocycles. The van der Waals surface area contributed by atoms with Crippen LogP contribution in [0.25, 0.3) is 20.7 Å². The summed E-state index contributed by atoms with van der Waals surface area (Å²) in [5.74, 6) is -1.89. The van der Waals surface area contributed by atoms with E-state index < -0.39 is 28.9 Å². The molecule has 2 heterocycles. The molecule has 54 heavy (non-hydrogen) atoms. The lowest BCUT2D eigenvalue weighted by Gasteiger charge is -2.21. The van der Waals surface area contributed by atoms with Gasteiger partial charge in [0.2, 0.25) is 17.7 Å². The van der Waals surface area contributed by atoms with E-state index >= 15 is 4.39 Å². The van der Waals surface area contributed by atoms with Crippen molar-refractivity contribution in [3.8, 4) is 21.9 Å². The lowest BCUT2D eigenvalue weighted by Crippen LogP contribution is -2.35. The van der Waals surface area contributed by atoms with Crippen molar-refractivity contribution in [2.24, 2.45) is 5.41 Å². The van der Waals surface area contributed by atoms with Crippen LogP contribution in [0.3, 0.4) is 0 Å². The van der Waals surface area contributed by atoms with Crippen molar-refractivity contribution in [1.29, 1.82) is 0 Å². The van der Waals surface area contributed by atoms with Gasteiger partial charge in [0.1, 0.15) is 17.0 Å². The fourth-order valence-corrected chi connectivity index (χ4v) is 6.69. The van der Waals surface area contributed by atoms with Gasteiger partial charge in [0.15, 0.2) is 11.6 Å². The van der Waals surface area contributed by atoms with Crippen molar-refractivity contribution >= 4 is 50.6 Å². The summed E-state index contributed by atoms with van der Waals surface area (Å²) < 4.78 is 51.3. The molecule has 3 amide bonds. The van der Waals surface area contributed by atoms with Gasteiger partial charge < -0.3 is 34.5 Å². The molecule has 1 saturated carbocycles. The normalized spacial score (nSPS) is 13.0. The third-order valence-corrected chi connectivity index (χ3v) is 10.1. The molecule has 0 radical (unpaired) electrons. The molecular formula is C40H40F2N4O7S. The number of rotatable bonds is 18. The molecule has 5 aromatic rings. The highest BCUT2D eigenvalue weighted by atomic mass is 32.1. The van der Waals surface area contributed by atoms with Crippen molar-refractivity contribution in [2.45, 2.75) is 26.3 Å². The van der Waals surface area contributed by atoms with Crippen molar-refractivity contribution in [1.82, 2.24) is 9.88 Å². The van der Waals surface area contributed by atoms with Gasteiger partial charge in [-0.05, 0) is 66.4 Å². The number of hydrogen-bond acceptors (Lipinski definition) is 9. The van der Waals surface area contributed by atoms with Gasteiger partial charge in [-0.15, -0.1) is 11.3 Å². The first-order valence-electron chi connectivity index (χ1n) is 17.4. The number of pyridine rings is 1. The molecule has 6 rings (SSSR count). The molecule has 0 bridgehead atoms. The second-order valence-corrected chi connectivity index (χ2v) is 13.8. The van der Waals surface area contributed by atoms with Crippen LogP contribution < -0.4 is 15.4 Å². The zero-order chi connectivity index (χ0) is 38.1. The summed E-state index contributed by atoms with van der Waals surface area (Å²) in [6, 6.07) is 20.8. The Morgan fingerprint density at radius 2 is 1.48 bits per heavy atom. The van der Waals surface area contributed by atoms with E-state index in [0.29, 0.717) is 75.9 Å². The number of anilines is 2. The summed E-state index contributed by atoms with van der Waals surface area (Å²) in [7, 11) is 1.62. The number of benzene rings is 3. The number of carbonyl (C=O) groups excluding carboxylic acids is 3. The molecule has 0 aliphatic heterocycles. The average molecular weight is 759 g/mol. The molecule has 282 valence electrons. The fourth-order valence-electron chi connectivity index (χ4n) is 5.62. The summed E-state index contributed by atoms with van der Waals surface area (Å²) in [4.78, 5) is 45.4. The number of fused-ring (bicyclic) bond motifs is 1. The van der Waals surface area contributed by atoms with Crippen molar-refractivity contribution in [2.75, 3.05) is 57.3 Å². The van der Waals surface area contributed by atoms with Gasteiger partial charge in [-0.25, -0.2) is 8.78 Å². The molecule has 2 aromatic heterocycles. The van der Waals surface area contributed by atoms with Gasteiger partial charge in [0.05, 0.1) is 43.3 Å². The van der Waals surface area contributed by atoms with E-state index in [1.165, 1.54) is 54.7 Å². The molecule has 0 spiro atoms. The summed E-state index contributed by atoms with van der Waals surface area (Å²) in [6.07, 6.45) is 2.26. The van der Waals surface area contributed by atoms with Gasteiger partial charge in [0, 0.05) is 61.7 Å².